The Bertz CT molecular complexity index is 310. The number of hydrogen-bond acceptors (Lipinski definition) is 2. The molecule has 0 saturated carbocycles. The summed E-state index contributed by atoms with van der Waals surface area (Å²) in [7, 11) is 0. The van der Waals surface area contributed by atoms with E-state index < -0.39 is 0 Å². The largest absolute Gasteiger partial charge is 0.355 e. The number of rotatable bonds is 1. The molecule has 3 heteroatoms. The highest BCUT2D eigenvalue weighted by atomic mass is 16.2. The predicted octanol–water partition coefficient (Wildman–Crippen LogP) is 0.931. The van der Waals surface area contributed by atoms with Gasteiger partial charge in [0.1, 0.15) is 0 Å². The summed E-state index contributed by atoms with van der Waals surface area (Å²) in [6.07, 6.45) is 1.77. The zero-order valence-electron chi connectivity index (χ0n) is 7.53. The molecule has 2 heterocycles. The Morgan fingerprint density at radius 2 is 2.38 bits per heavy atom. The van der Waals surface area contributed by atoms with Gasteiger partial charge >= 0.3 is 0 Å². The van der Waals surface area contributed by atoms with Crippen molar-refractivity contribution in [3.05, 3.63) is 30.1 Å². The molecule has 1 amide bonds. The molecule has 0 bridgehead atoms. The second-order valence-electron chi connectivity index (χ2n) is 3.39. The highest BCUT2D eigenvalue weighted by Gasteiger charge is 2.32. The smallest absolute Gasteiger partial charge is 0.223 e. The Labute approximate surface area is 77.2 Å². The fourth-order valence-corrected chi connectivity index (χ4v) is 1.69. The number of nitrogens with one attached hydrogen (secondary N) is 1. The van der Waals surface area contributed by atoms with E-state index in [1.807, 2.05) is 25.1 Å². The molecule has 0 aromatic carbocycles. The van der Waals surface area contributed by atoms with Gasteiger partial charge in [-0.3, -0.25) is 9.78 Å². The van der Waals surface area contributed by atoms with Gasteiger partial charge in [0, 0.05) is 30.3 Å². The number of hydrogen-bond donors (Lipinski definition) is 1. The molecule has 3 nitrogen and oxygen atoms in total. The van der Waals surface area contributed by atoms with Gasteiger partial charge in [0.2, 0.25) is 5.91 Å². The molecule has 2 atom stereocenters. The Balaban J connectivity index is 2.24. The maximum absolute atomic E-state index is 11.2. The van der Waals surface area contributed by atoms with E-state index in [2.05, 4.69) is 10.3 Å². The minimum absolute atomic E-state index is 0.0508. The van der Waals surface area contributed by atoms with Gasteiger partial charge in [0.15, 0.2) is 0 Å². The van der Waals surface area contributed by atoms with Crippen LogP contribution < -0.4 is 5.32 Å². The SMILES string of the molecule is CC1C(=O)NCC1c1ccccn1. The lowest BCUT2D eigenvalue weighted by Crippen LogP contribution is -2.16. The molecule has 0 spiro atoms. The molecule has 1 saturated heterocycles. The second kappa shape index (κ2) is 3.17. The normalized spacial score (nSPS) is 27.3. The van der Waals surface area contributed by atoms with E-state index in [0.29, 0.717) is 0 Å². The topological polar surface area (TPSA) is 42.0 Å². The van der Waals surface area contributed by atoms with Crippen molar-refractivity contribution < 1.29 is 4.79 Å². The van der Waals surface area contributed by atoms with Crippen LogP contribution in [0.1, 0.15) is 18.5 Å². The first-order chi connectivity index (χ1) is 6.29. The molecule has 1 aliphatic heterocycles. The number of carbonyl (C=O) groups is 1. The minimum atomic E-state index is 0.0508. The van der Waals surface area contributed by atoms with E-state index in [-0.39, 0.29) is 17.7 Å². The average Bonchev–Trinajstić information content (AvgIpc) is 2.49. The molecule has 1 N–H and O–H groups in total. The summed E-state index contributed by atoms with van der Waals surface area (Å²) >= 11 is 0. The molecular formula is C10H12N2O. The third-order valence-corrected chi connectivity index (χ3v) is 2.58. The van der Waals surface area contributed by atoms with Gasteiger partial charge < -0.3 is 5.32 Å². The van der Waals surface area contributed by atoms with Crippen molar-refractivity contribution in [3.63, 3.8) is 0 Å². The molecule has 68 valence electrons. The zero-order chi connectivity index (χ0) is 9.26. The van der Waals surface area contributed by atoms with Gasteiger partial charge in [0.05, 0.1) is 0 Å². The number of aromatic nitrogens is 1. The monoisotopic (exact) mass is 176 g/mol. The van der Waals surface area contributed by atoms with Gasteiger partial charge in [-0.2, -0.15) is 0 Å². The lowest BCUT2D eigenvalue weighted by molar-refractivity contribution is -0.122. The zero-order valence-corrected chi connectivity index (χ0v) is 7.53. The summed E-state index contributed by atoms with van der Waals surface area (Å²) in [5.74, 6) is 0.430. The summed E-state index contributed by atoms with van der Waals surface area (Å²) in [6.45, 7) is 2.67. The number of nitrogens with zero attached hydrogens (tertiary/aromatic N) is 1. The Morgan fingerprint density at radius 1 is 1.54 bits per heavy atom. The molecule has 2 rings (SSSR count). The fraction of sp³-hybridized carbons (Fsp3) is 0.400. The lowest BCUT2D eigenvalue weighted by Gasteiger charge is -2.10. The van der Waals surface area contributed by atoms with Crippen LogP contribution in [-0.2, 0) is 4.79 Å². The summed E-state index contributed by atoms with van der Waals surface area (Å²) in [6, 6.07) is 5.82. The highest BCUT2D eigenvalue weighted by molar-refractivity contribution is 5.81. The third kappa shape index (κ3) is 1.41. The van der Waals surface area contributed by atoms with E-state index in [1.165, 1.54) is 0 Å². The molecule has 1 fully saturated rings. The van der Waals surface area contributed by atoms with Crippen molar-refractivity contribution in [2.75, 3.05) is 6.54 Å². The standard InChI is InChI=1S/C10H12N2O/c1-7-8(6-12-10(7)13)9-4-2-3-5-11-9/h2-5,7-8H,6H2,1H3,(H,12,13). The number of amides is 1. The fourth-order valence-electron chi connectivity index (χ4n) is 1.69. The molecule has 1 aromatic rings. The summed E-state index contributed by atoms with van der Waals surface area (Å²) in [5, 5.41) is 2.84. The molecule has 0 radical (unpaired) electrons. The van der Waals surface area contributed by atoms with Gasteiger partial charge in [-0.1, -0.05) is 13.0 Å². The van der Waals surface area contributed by atoms with Crippen molar-refractivity contribution in [1.29, 1.82) is 0 Å². The Morgan fingerprint density at radius 3 is 2.92 bits per heavy atom. The van der Waals surface area contributed by atoms with Gasteiger partial charge in [-0.05, 0) is 12.1 Å². The van der Waals surface area contributed by atoms with Gasteiger partial charge in [0.25, 0.3) is 0 Å². The first-order valence-electron chi connectivity index (χ1n) is 4.47. The maximum Gasteiger partial charge on any atom is 0.223 e. The van der Waals surface area contributed by atoms with Crippen LogP contribution in [0.5, 0.6) is 0 Å². The van der Waals surface area contributed by atoms with Crippen LogP contribution in [0.4, 0.5) is 0 Å². The van der Waals surface area contributed by atoms with Crippen molar-refractivity contribution in [3.8, 4) is 0 Å². The van der Waals surface area contributed by atoms with Crippen molar-refractivity contribution in [2.45, 2.75) is 12.8 Å². The van der Waals surface area contributed by atoms with E-state index in [1.54, 1.807) is 6.20 Å². The van der Waals surface area contributed by atoms with Crippen LogP contribution in [0.15, 0.2) is 24.4 Å². The molecule has 0 aliphatic carbocycles. The van der Waals surface area contributed by atoms with Gasteiger partial charge in [-0.25, -0.2) is 0 Å². The quantitative estimate of drug-likeness (QED) is 0.691. The number of pyridine rings is 1. The molecule has 1 aromatic heterocycles. The van der Waals surface area contributed by atoms with E-state index >= 15 is 0 Å². The van der Waals surface area contributed by atoms with Crippen LogP contribution in [0.25, 0.3) is 0 Å². The summed E-state index contributed by atoms with van der Waals surface area (Å²) in [5.41, 5.74) is 1.01. The lowest BCUT2D eigenvalue weighted by atomic mass is 9.94. The number of carbonyl (C=O) groups excluding carboxylic acids is 1. The Hall–Kier alpha value is -1.38. The highest BCUT2D eigenvalue weighted by Crippen LogP contribution is 2.26. The molecule has 13 heavy (non-hydrogen) atoms. The van der Waals surface area contributed by atoms with E-state index in [4.69, 9.17) is 0 Å². The summed E-state index contributed by atoms with van der Waals surface area (Å²) in [4.78, 5) is 15.5. The van der Waals surface area contributed by atoms with Gasteiger partial charge in [-0.15, -0.1) is 0 Å². The van der Waals surface area contributed by atoms with Crippen molar-refractivity contribution in [2.24, 2.45) is 5.92 Å². The minimum Gasteiger partial charge on any atom is -0.355 e. The Kier molecular flexibility index (Phi) is 2.00. The van der Waals surface area contributed by atoms with Crippen LogP contribution in [0.3, 0.4) is 0 Å². The van der Waals surface area contributed by atoms with Crippen LogP contribution in [0.2, 0.25) is 0 Å². The van der Waals surface area contributed by atoms with E-state index in [0.717, 1.165) is 12.2 Å². The molecule has 2 unspecified atom stereocenters. The van der Waals surface area contributed by atoms with Crippen molar-refractivity contribution >= 4 is 5.91 Å². The van der Waals surface area contributed by atoms with Crippen molar-refractivity contribution in [1.82, 2.24) is 10.3 Å². The predicted molar refractivity (Wildman–Crippen MR) is 49.2 cm³/mol. The molecule has 1 aliphatic rings. The van der Waals surface area contributed by atoms with Crippen LogP contribution in [0, 0.1) is 5.92 Å². The van der Waals surface area contributed by atoms with Crippen LogP contribution in [-0.4, -0.2) is 17.4 Å². The molecular weight excluding hydrogens is 164 g/mol. The summed E-state index contributed by atoms with van der Waals surface area (Å²) < 4.78 is 0. The second-order valence-corrected chi connectivity index (χ2v) is 3.39. The van der Waals surface area contributed by atoms with E-state index in [9.17, 15) is 4.79 Å². The average molecular weight is 176 g/mol. The first-order valence-corrected chi connectivity index (χ1v) is 4.47. The third-order valence-electron chi connectivity index (χ3n) is 2.58. The maximum atomic E-state index is 11.2. The van der Waals surface area contributed by atoms with Crippen LogP contribution >= 0.6 is 0 Å². The first kappa shape index (κ1) is 8.23.